The highest BCUT2D eigenvalue weighted by molar-refractivity contribution is 6.17. The van der Waals surface area contributed by atoms with Gasteiger partial charge in [-0.2, -0.15) is 0 Å². The minimum atomic E-state index is 0.674. The molecule has 0 N–H and O–H groups in total. The molecule has 11 aromatic rings. The topological polar surface area (TPSA) is 40.6 Å². The fourth-order valence-corrected chi connectivity index (χ4v) is 8.23. The van der Waals surface area contributed by atoms with E-state index >= 15 is 0 Å². The molecule has 0 aliphatic rings. The molecule has 0 radical (unpaired) electrons. The van der Waals surface area contributed by atoms with E-state index in [1.165, 1.54) is 71.2 Å². The summed E-state index contributed by atoms with van der Waals surface area (Å²) in [5, 5.41) is 7.31. The number of para-hydroxylation sites is 4. The predicted octanol–water partition coefficient (Wildman–Crippen LogP) is 11.4. The van der Waals surface area contributed by atoms with Crippen molar-refractivity contribution in [3.63, 3.8) is 0 Å². The van der Waals surface area contributed by atoms with Crippen LogP contribution >= 0.6 is 0 Å². The summed E-state index contributed by atoms with van der Waals surface area (Å²) in [7, 11) is 0. The third-order valence-corrected chi connectivity index (χ3v) is 10.4. The van der Waals surface area contributed by atoms with Crippen molar-refractivity contribution >= 4 is 65.4 Å². The van der Waals surface area contributed by atoms with Crippen LogP contribution in [0.5, 0.6) is 0 Å². The highest BCUT2D eigenvalue weighted by atomic mass is 15.1. The lowest BCUT2D eigenvalue weighted by Gasteiger charge is -2.12. The normalized spacial score (nSPS) is 11.9. The van der Waals surface area contributed by atoms with Gasteiger partial charge in [0.2, 0.25) is 5.95 Å². The first-order valence-electron chi connectivity index (χ1n) is 17.3. The molecule has 4 heterocycles. The van der Waals surface area contributed by atoms with Gasteiger partial charge in [0, 0.05) is 50.4 Å². The molecule has 0 spiro atoms. The molecule has 0 unspecified atom stereocenters. The lowest BCUT2D eigenvalue weighted by atomic mass is 10.0. The maximum Gasteiger partial charge on any atom is 0.234 e. The van der Waals surface area contributed by atoms with E-state index in [1.807, 2.05) is 6.07 Å². The van der Waals surface area contributed by atoms with Crippen LogP contribution < -0.4 is 0 Å². The fourth-order valence-electron chi connectivity index (χ4n) is 8.23. The van der Waals surface area contributed by atoms with Crippen molar-refractivity contribution < 1.29 is 0 Å². The Labute approximate surface area is 292 Å². The van der Waals surface area contributed by atoms with Crippen LogP contribution in [0, 0.1) is 0 Å². The zero-order valence-corrected chi connectivity index (χ0v) is 27.5. The van der Waals surface area contributed by atoms with E-state index in [4.69, 9.17) is 0 Å². The van der Waals surface area contributed by atoms with E-state index in [2.05, 4.69) is 181 Å². The highest BCUT2D eigenvalue weighted by Crippen LogP contribution is 2.41. The molecule has 0 amide bonds. The first-order valence-corrected chi connectivity index (χ1v) is 17.3. The average Bonchev–Trinajstić information content (AvgIpc) is 3.84. The van der Waals surface area contributed by atoms with E-state index in [0.29, 0.717) is 5.95 Å². The fraction of sp³-hybridized carbons (Fsp3) is 0. The molecule has 0 bridgehead atoms. The van der Waals surface area contributed by atoms with E-state index in [1.54, 1.807) is 12.4 Å². The minimum absolute atomic E-state index is 0.674. The Morgan fingerprint density at radius 3 is 1.51 bits per heavy atom. The number of benzene rings is 7. The molecule has 0 saturated heterocycles. The summed E-state index contributed by atoms with van der Waals surface area (Å²) in [4.78, 5) is 9.19. The van der Waals surface area contributed by atoms with E-state index in [9.17, 15) is 0 Å². The monoisotopic (exact) mass is 651 g/mol. The Bertz CT molecular complexity index is 3130. The van der Waals surface area contributed by atoms with Crippen molar-refractivity contribution in [2.24, 2.45) is 0 Å². The average molecular weight is 652 g/mol. The van der Waals surface area contributed by atoms with Gasteiger partial charge in [0.05, 0.1) is 38.8 Å². The molecule has 238 valence electrons. The number of fused-ring (bicyclic) bond motifs is 9. The van der Waals surface area contributed by atoms with Crippen molar-refractivity contribution in [2.75, 3.05) is 0 Å². The van der Waals surface area contributed by atoms with Gasteiger partial charge in [0.15, 0.2) is 0 Å². The van der Waals surface area contributed by atoms with Gasteiger partial charge in [-0.1, -0.05) is 91.0 Å². The molecule has 0 atom stereocenters. The van der Waals surface area contributed by atoms with Gasteiger partial charge in [0.25, 0.3) is 0 Å². The van der Waals surface area contributed by atoms with Gasteiger partial charge in [-0.25, -0.2) is 9.97 Å². The Morgan fingerprint density at radius 1 is 0.333 bits per heavy atom. The van der Waals surface area contributed by atoms with Crippen LogP contribution in [0.25, 0.3) is 93.9 Å². The maximum absolute atomic E-state index is 4.59. The van der Waals surface area contributed by atoms with Crippen LogP contribution in [0.4, 0.5) is 0 Å². The Hall–Kier alpha value is -6.98. The summed E-state index contributed by atoms with van der Waals surface area (Å²) in [6, 6.07) is 58.9. The standard InChI is InChI=1S/C46H29N5/c1-2-12-32(13-3-1)49-40-19-9-6-16-35(40)45-43(49)20-10-21-44(45)50-38-17-7-4-14-33(38)36-28-30(22-24-41(36)50)31-23-25-42-37(29-31)34-15-5-8-18-39(34)51(42)46-47-26-11-27-48-46/h1-29H. The molecule has 11 rings (SSSR count). The van der Waals surface area contributed by atoms with Gasteiger partial charge in [-0.05, 0) is 83.9 Å². The number of hydrogen-bond acceptors (Lipinski definition) is 2. The molecule has 0 saturated carbocycles. The molecule has 4 aromatic heterocycles. The Balaban J connectivity index is 1.14. The zero-order valence-electron chi connectivity index (χ0n) is 27.5. The van der Waals surface area contributed by atoms with E-state index in [-0.39, 0.29) is 0 Å². The zero-order chi connectivity index (χ0) is 33.5. The van der Waals surface area contributed by atoms with Crippen LogP contribution in [0.3, 0.4) is 0 Å². The van der Waals surface area contributed by atoms with Gasteiger partial charge in [-0.15, -0.1) is 0 Å². The summed E-state index contributed by atoms with van der Waals surface area (Å²) >= 11 is 0. The molecular formula is C46H29N5. The second-order valence-electron chi connectivity index (χ2n) is 13.1. The van der Waals surface area contributed by atoms with Gasteiger partial charge < -0.3 is 9.13 Å². The van der Waals surface area contributed by atoms with Crippen LogP contribution in [0.2, 0.25) is 0 Å². The van der Waals surface area contributed by atoms with E-state index in [0.717, 1.165) is 16.7 Å². The molecule has 0 fully saturated rings. The Kier molecular flexibility index (Phi) is 5.89. The van der Waals surface area contributed by atoms with Crippen LogP contribution in [0.1, 0.15) is 0 Å². The Morgan fingerprint density at radius 2 is 0.843 bits per heavy atom. The van der Waals surface area contributed by atoms with Gasteiger partial charge >= 0.3 is 0 Å². The SMILES string of the molecule is c1ccc(-n2c3ccccc3c3c(-n4c5ccccc5c5cc(-c6ccc7c(c6)c6ccccc6n7-c6ncccn6)ccc54)cccc32)cc1. The molecule has 0 aliphatic carbocycles. The lowest BCUT2D eigenvalue weighted by Crippen LogP contribution is -1.99. The van der Waals surface area contributed by atoms with Crippen LogP contribution in [0.15, 0.2) is 176 Å². The molecule has 7 aromatic carbocycles. The summed E-state index contributed by atoms with van der Waals surface area (Å²) in [6.45, 7) is 0. The smallest absolute Gasteiger partial charge is 0.234 e. The molecule has 0 aliphatic heterocycles. The molecule has 51 heavy (non-hydrogen) atoms. The number of aromatic nitrogens is 5. The summed E-state index contributed by atoms with van der Waals surface area (Å²) < 4.78 is 6.99. The van der Waals surface area contributed by atoms with Gasteiger partial charge in [0.1, 0.15) is 0 Å². The third kappa shape index (κ3) is 4.03. The first-order chi connectivity index (χ1) is 25.3. The summed E-state index contributed by atoms with van der Waals surface area (Å²) in [6.07, 6.45) is 3.59. The highest BCUT2D eigenvalue weighted by Gasteiger charge is 2.20. The van der Waals surface area contributed by atoms with Crippen molar-refractivity contribution in [2.45, 2.75) is 0 Å². The van der Waals surface area contributed by atoms with E-state index < -0.39 is 0 Å². The lowest BCUT2D eigenvalue weighted by molar-refractivity contribution is 0.988. The quantitative estimate of drug-likeness (QED) is 0.190. The molecule has 5 nitrogen and oxygen atoms in total. The summed E-state index contributed by atoms with van der Waals surface area (Å²) in [5.74, 6) is 0.674. The van der Waals surface area contributed by atoms with Crippen LogP contribution in [-0.4, -0.2) is 23.7 Å². The largest absolute Gasteiger partial charge is 0.309 e. The number of rotatable bonds is 4. The molecular weight excluding hydrogens is 623 g/mol. The van der Waals surface area contributed by atoms with Crippen molar-refractivity contribution in [1.29, 1.82) is 0 Å². The summed E-state index contributed by atoms with van der Waals surface area (Å²) in [5.41, 5.74) is 11.6. The van der Waals surface area contributed by atoms with Crippen molar-refractivity contribution in [3.05, 3.63) is 176 Å². The third-order valence-electron chi connectivity index (χ3n) is 10.4. The second kappa shape index (κ2) is 10.8. The first kappa shape index (κ1) is 27.9. The van der Waals surface area contributed by atoms with Crippen LogP contribution in [-0.2, 0) is 0 Å². The molecule has 5 heteroatoms. The second-order valence-corrected chi connectivity index (χ2v) is 13.1. The minimum Gasteiger partial charge on any atom is -0.309 e. The number of hydrogen-bond donors (Lipinski definition) is 0. The number of nitrogens with zero attached hydrogens (tertiary/aromatic N) is 5. The van der Waals surface area contributed by atoms with Crippen molar-refractivity contribution in [3.8, 4) is 28.5 Å². The van der Waals surface area contributed by atoms with Gasteiger partial charge in [-0.3, -0.25) is 4.57 Å². The van der Waals surface area contributed by atoms with Crippen molar-refractivity contribution in [1.82, 2.24) is 23.7 Å². The predicted molar refractivity (Wildman–Crippen MR) is 210 cm³/mol. The maximum atomic E-state index is 4.59.